The van der Waals surface area contributed by atoms with Crippen LogP contribution < -0.4 is 5.19 Å². The SMILES string of the molecule is C[Si](C)(N=[N+]=[N-])c1ccccc1. The lowest BCUT2D eigenvalue weighted by Crippen LogP contribution is -2.38. The summed E-state index contributed by atoms with van der Waals surface area (Å²) in [5, 5.41) is 1.17. The van der Waals surface area contributed by atoms with Gasteiger partial charge in [0.2, 0.25) is 0 Å². The van der Waals surface area contributed by atoms with Gasteiger partial charge in [-0.05, 0) is 10.4 Å². The van der Waals surface area contributed by atoms with Crippen molar-refractivity contribution in [1.82, 2.24) is 0 Å². The maximum absolute atomic E-state index is 8.36. The maximum atomic E-state index is 8.36. The Kier molecular flexibility index (Phi) is 2.53. The molecule has 0 spiro atoms. The number of hydrogen-bond acceptors (Lipinski definition) is 1. The van der Waals surface area contributed by atoms with Gasteiger partial charge in [0.1, 0.15) is 0 Å². The predicted molar refractivity (Wildman–Crippen MR) is 52.7 cm³/mol. The van der Waals surface area contributed by atoms with Gasteiger partial charge >= 0.3 is 0 Å². The lowest BCUT2D eigenvalue weighted by molar-refractivity contribution is 1.54. The van der Waals surface area contributed by atoms with Crippen LogP contribution in [0.5, 0.6) is 0 Å². The molecular formula is C8H11N3Si. The van der Waals surface area contributed by atoms with Gasteiger partial charge < -0.3 is 0 Å². The van der Waals surface area contributed by atoms with Gasteiger partial charge in [-0.3, -0.25) is 0 Å². The summed E-state index contributed by atoms with van der Waals surface area (Å²) in [6.45, 7) is 4.06. The van der Waals surface area contributed by atoms with E-state index < -0.39 is 8.24 Å². The van der Waals surface area contributed by atoms with E-state index in [1.54, 1.807) is 0 Å². The van der Waals surface area contributed by atoms with Gasteiger partial charge in [-0.2, -0.15) is 0 Å². The minimum absolute atomic E-state index is 1.17. The van der Waals surface area contributed by atoms with Crippen molar-refractivity contribution in [1.29, 1.82) is 0 Å². The van der Waals surface area contributed by atoms with Crippen molar-refractivity contribution < 1.29 is 0 Å². The molecule has 0 saturated carbocycles. The van der Waals surface area contributed by atoms with Crippen LogP contribution in [0.1, 0.15) is 0 Å². The van der Waals surface area contributed by atoms with Crippen LogP contribution in [-0.4, -0.2) is 8.24 Å². The third-order valence-electron chi connectivity index (χ3n) is 1.77. The summed E-state index contributed by atoms with van der Waals surface area (Å²) in [5.74, 6) is 0. The minimum atomic E-state index is -1.87. The van der Waals surface area contributed by atoms with E-state index in [-0.39, 0.29) is 0 Å². The number of nitrogens with zero attached hydrogens (tertiary/aromatic N) is 3. The molecule has 62 valence electrons. The predicted octanol–water partition coefficient (Wildman–Crippen LogP) is 2.41. The van der Waals surface area contributed by atoms with E-state index in [9.17, 15) is 0 Å². The number of azide groups is 1. The number of benzene rings is 1. The van der Waals surface area contributed by atoms with Crippen LogP contribution in [-0.2, 0) is 0 Å². The van der Waals surface area contributed by atoms with E-state index in [0.717, 1.165) is 0 Å². The highest BCUT2D eigenvalue weighted by Gasteiger charge is 2.20. The van der Waals surface area contributed by atoms with Crippen molar-refractivity contribution >= 4 is 13.4 Å². The summed E-state index contributed by atoms with van der Waals surface area (Å²) in [5.41, 5.74) is 8.36. The average molecular weight is 177 g/mol. The van der Waals surface area contributed by atoms with Gasteiger partial charge in [-0.25, -0.2) is 0 Å². The molecule has 0 fully saturated rings. The first-order chi connectivity index (χ1) is 5.67. The molecule has 0 heterocycles. The molecule has 0 aliphatic rings. The highest BCUT2D eigenvalue weighted by atomic mass is 28.3. The second-order valence-electron chi connectivity index (χ2n) is 3.11. The molecule has 4 heteroatoms. The van der Waals surface area contributed by atoms with Crippen LogP contribution in [0.25, 0.3) is 10.4 Å². The van der Waals surface area contributed by atoms with Crippen LogP contribution >= 0.6 is 0 Å². The van der Waals surface area contributed by atoms with Crippen molar-refractivity contribution in [3.63, 3.8) is 0 Å². The first kappa shape index (κ1) is 8.84. The Labute approximate surface area is 72.8 Å². The topological polar surface area (TPSA) is 48.8 Å². The highest BCUT2D eigenvalue weighted by Crippen LogP contribution is 2.04. The molecule has 0 atom stereocenters. The summed E-state index contributed by atoms with van der Waals surface area (Å²) >= 11 is 0. The molecule has 1 aromatic rings. The lowest BCUT2D eigenvalue weighted by Gasteiger charge is -2.14. The summed E-state index contributed by atoms with van der Waals surface area (Å²) < 4.78 is 3.85. The van der Waals surface area contributed by atoms with Gasteiger partial charge in [0, 0.05) is 0 Å². The first-order valence-corrected chi connectivity index (χ1v) is 6.73. The zero-order chi connectivity index (χ0) is 9.03. The Balaban J connectivity index is 3.05. The monoisotopic (exact) mass is 177 g/mol. The first-order valence-electron chi connectivity index (χ1n) is 3.78. The van der Waals surface area contributed by atoms with Gasteiger partial charge in [-0.15, -0.1) is 4.78 Å². The fraction of sp³-hybridized carbons (Fsp3) is 0.250. The third-order valence-corrected chi connectivity index (χ3v) is 4.11. The largest absolute Gasteiger partial charge is 0.181 e. The molecule has 0 unspecified atom stereocenters. The van der Waals surface area contributed by atoms with Crippen LogP contribution in [0.4, 0.5) is 0 Å². The zero-order valence-corrected chi connectivity index (χ0v) is 8.23. The van der Waals surface area contributed by atoms with E-state index in [0.29, 0.717) is 0 Å². The fourth-order valence-electron chi connectivity index (χ4n) is 1.02. The van der Waals surface area contributed by atoms with Crippen LogP contribution in [0.2, 0.25) is 13.1 Å². The minimum Gasteiger partial charge on any atom is -0.119 e. The summed E-state index contributed by atoms with van der Waals surface area (Å²) in [4.78, 5) is 2.87. The molecule has 0 aliphatic carbocycles. The Hall–Kier alpha value is -1.25. The summed E-state index contributed by atoms with van der Waals surface area (Å²) in [6, 6.07) is 9.93. The second kappa shape index (κ2) is 3.43. The van der Waals surface area contributed by atoms with Gasteiger partial charge in [0.15, 0.2) is 8.24 Å². The van der Waals surface area contributed by atoms with E-state index in [2.05, 4.69) is 9.69 Å². The van der Waals surface area contributed by atoms with Crippen molar-refractivity contribution in [2.45, 2.75) is 13.1 Å². The van der Waals surface area contributed by atoms with E-state index >= 15 is 0 Å². The molecule has 12 heavy (non-hydrogen) atoms. The van der Waals surface area contributed by atoms with Crippen molar-refractivity contribution in [3.8, 4) is 0 Å². The van der Waals surface area contributed by atoms with E-state index in [1.807, 2.05) is 43.4 Å². The second-order valence-corrected chi connectivity index (χ2v) is 7.01. The van der Waals surface area contributed by atoms with Crippen LogP contribution in [0.3, 0.4) is 0 Å². The van der Waals surface area contributed by atoms with E-state index in [1.165, 1.54) is 5.19 Å². The number of hydrogen-bond donors (Lipinski definition) is 0. The molecule has 0 bridgehead atoms. The standard InChI is InChI=1S/C8H11N3Si/c1-12(2,11-10-9)8-6-4-3-5-7-8/h3-7H,1-2H3. The normalized spacial score (nSPS) is 10.5. The third kappa shape index (κ3) is 1.87. The Morgan fingerprint density at radius 3 is 2.33 bits per heavy atom. The lowest BCUT2D eigenvalue weighted by atomic mass is 10.4. The average Bonchev–Trinajstić information content (AvgIpc) is 2.06. The Morgan fingerprint density at radius 2 is 1.83 bits per heavy atom. The smallest absolute Gasteiger partial charge is 0.119 e. The molecule has 3 nitrogen and oxygen atoms in total. The molecular weight excluding hydrogens is 166 g/mol. The van der Waals surface area contributed by atoms with Gasteiger partial charge in [0.25, 0.3) is 0 Å². The van der Waals surface area contributed by atoms with Crippen LogP contribution in [0, 0.1) is 0 Å². The molecule has 0 N–H and O–H groups in total. The van der Waals surface area contributed by atoms with Gasteiger partial charge in [0.05, 0.1) is 0 Å². The van der Waals surface area contributed by atoms with E-state index in [4.69, 9.17) is 5.53 Å². The van der Waals surface area contributed by atoms with Crippen molar-refractivity contribution in [2.75, 3.05) is 0 Å². The van der Waals surface area contributed by atoms with Gasteiger partial charge in [-0.1, -0.05) is 48.6 Å². The fourth-order valence-corrected chi connectivity index (χ4v) is 2.36. The maximum Gasteiger partial charge on any atom is 0.181 e. The molecule has 1 aromatic carbocycles. The van der Waals surface area contributed by atoms with Crippen molar-refractivity contribution in [2.24, 2.45) is 4.78 Å². The molecule has 1 rings (SSSR count). The zero-order valence-electron chi connectivity index (χ0n) is 7.23. The van der Waals surface area contributed by atoms with Crippen LogP contribution in [0.15, 0.2) is 35.1 Å². The molecule has 0 saturated heterocycles. The molecule has 0 amide bonds. The quantitative estimate of drug-likeness (QED) is 0.288. The molecule has 0 aromatic heterocycles. The van der Waals surface area contributed by atoms with Crippen molar-refractivity contribution in [3.05, 3.63) is 40.8 Å². The number of rotatable bonds is 2. The molecule has 0 aliphatic heterocycles. The Morgan fingerprint density at radius 1 is 1.25 bits per heavy atom. The highest BCUT2D eigenvalue weighted by molar-refractivity contribution is 6.88. The Bertz CT molecular complexity index is 301. The summed E-state index contributed by atoms with van der Waals surface area (Å²) in [6.07, 6.45) is 0. The summed E-state index contributed by atoms with van der Waals surface area (Å²) in [7, 11) is -1.87. The molecule has 0 radical (unpaired) electrons.